The maximum atomic E-state index is 12.6. The Balaban J connectivity index is 1.57. The normalized spacial score (nSPS) is 26.4. The summed E-state index contributed by atoms with van der Waals surface area (Å²) in [6.07, 6.45) is 6.03. The zero-order valence-corrected chi connectivity index (χ0v) is 18.2. The number of anilines is 1. The van der Waals surface area contributed by atoms with Crippen LogP contribution in [0, 0.1) is 11.8 Å². The average molecular weight is 411 g/mol. The summed E-state index contributed by atoms with van der Waals surface area (Å²) in [5, 5.41) is 12.1. The first-order valence-corrected chi connectivity index (χ1v) is 11.7. The lowest BCUT2D eigenvalue weighted by Gasteiger charge is -2.35. The molecule has 4 atom stereocenters. The number of hydrogen-bond donors (Lipinski definition) is 1. The molecule has 0 radical (unpaired) electrons. The zero-order chi connectivity index (χ0) is 19.6. The lowest BCUT2D eigenvalue weighted by molar-refractivity contribution is -0.121. The summed E-state index contributed by atoms with van der Waals surface area (Å²) >= 11 is 2.84. The average Bonchev–Trinajstić information content (AvgIpc) is 3.37. The number of nitrogens with zero attached hydrogens (tertiary/aromatic N) is 3. The number of aromatic nitrogens is 2. The lowest BCUT2D eigenvalue weighted by Crippen LogP contribution is -2.46. The summed E-state index contributed by atoms with van der Waals surface area (Å²) in [5.74, 6) is 1.32. The second-order valence-corrected chi connectivity index (χ2v) is 10.4. The van der Waals surface area contributed by atoms with Gasteiger partial charge >= 0.3 is 0 Å². The van der Waals surface area contributed by atoms with E-state index in [-0.39, 0.29) is 29.1 Å². The van der Waals surface area contributed by atoms with E-state index in [1.54, 1.807) is 4.90 Å². The molecule has 1 aromatic heterocycles. The molecule has 0 bridgehead atoms. The predicted molar refractivity (Wildman–Crippen MR) is 110 cm³/mol. The van der Waals surface area contributed by atoms with Crippen molar-refractivity contribution in [2.45, 2.75) is 87.9 Å². The number of hydrogen-bond acceptors (Lipinski definition) is 6. The zero-order valence-electron chi connectivity index (χ0n) is 16.6. The predicted octanol–water partition coefficient (Wildman–Crippen LogP) is 3.87. The Morgan fingerprint density at radius 3 is 2.67 bits per heavy atom. The van der Waals surface area contributed by atoms with Gasteiger partial charge in [-0.1, -0.05) is 56.7 Å². The first kappa shape index (κ1) is 20.6. The van der Waals surface area contributed by atoms with Gasteiger partial charge in [-0.25, -0.2) is 0 Å². The van der Waals surface area contributed by atoms with Crippen LogP contribution in [-0.2, 0) is 9.59 Å². The van der Waals surface area contributed by atoms with Crippen LogP contribution in [0.15, 0.2) is 4.34 Å². The summed E-state index contributed by atoms with van der Waals surface area (Å²) < 4.78 is 0.743. The molecule has 150 valence electrons. The van der Waals surface area contributed by atoms with Gasteiger partial charge < -0.3 is 5.32 Å². The van der Waals surface area contributed by atoms with Crippen LogP contribution in [-0.4, -0.2) is 39.3 Å². The van der Waals surface area contributed by atoms with E-state index in [1.165, 1.54) is 35.9 Å². The van der Waals surface area contributed by atoms with E-state index in [4.69, 9.17) is 0 Å². The quantitative estimate of drug-likeness (QED) is 0.546. The number of carbonyl (C=O) groups excluding carboxylic acids is 2. The Hall–Kier alpha value is -1.15. The molecule has 2 amide bonds. The van der Waals surface area contributed by atoms with E-state index < -0.39 is 0 Å². The van der Waals surface area contributed by atoms with Gasteiger partial charge in [0.1, 0.15) is 0 Å². The van der Waals surface area contributed by atoms with E-state index in [0.29, 0.717) is 23.4 Å². The summed E-state index contributed by atoms with van der Waals surface area (Å²) in [6, 6.07) is 0.542. The highest BCUT2D eigenvalue weighted by Crippen LogP contribution is 2.37. The number of thioether (sulfide) groups is 1. The molecule has 2 aliphatic carbocycles. The fourth-order valence-corrected chi connectivity index (χ4v) is 5.69. The molecule has 1 N–H and O–H groups in total. The Bertz CT molecular complexity index is 676. The third kappa shape index (κ3) is 5.02. The van der Waals surface area contributed by atoms with Crippen molar-refractivity contribution < 1.29 is 9.59 Å². The molecular formula is C19H30N4O2S2. The number of carbonyl (C=O) groups is 2. The van der Waals surface area contributed by atoms with Crippen molar-refractivity contribution >= 4 is 40.0 Å². The van der Waals surface area contributed by atoms with Crippen LogP contribution in [0.2, 0.25) is 0 Å². The summed E-state index contributed by atoms with van der Waals surface area (Å²) in [6.45, 7) is 8.29. The van der Waals surface area contributed by atoms with E-state index in [2.05, 4.69) is 29.4 Å². The molecule has 3 rings (SSSR count). The Morgan fingerprint density at radius 1 is 1.26 bits per heavy atom. The van der Waals surface area contributed by atoms with Crippen molar-refractivity contribution in [2.75, 3.05) is 4.90 Å². The van der Waals surface area contributed by atoms with Crippen molar-refractivity contribution in [3.8, 4) is 0 Å². The first-order chi connectivity index (χ1) is 12.9. The largest absolute Gasteiger partial charge is 0.352 e. The smallest absolute Gasteiger partial charge is 0.233 e. The van der Waals surface area contributed by atoms with Gasteiger partial charge in [0, 0.05) is 18.5 Å². The molecule has 0 saturated heterocycles. The number of nitrogens with one attached hydrogen (secondary N) is 1. The Kier molecular flexibility index (Phi) is 6.78. The van der Waals surface area contributed by atoms with Gasteiger partial charge in [-0.05, 0) is 38.0 Å². The minimum atomic E-state index is -0.230. The number of rotatable bonds is 7. The van der Waals surface area contributed by atoms with E-state index in [0.717, 1.165) is 23.6 Å². The molecule has 0 unspecified atom stereocenters. The Morgan fingerprint density at radius 2 is 2.00 bits per heavy atom. The molecular weight excluding hydrogens is 380 g/mol. The van der Waals surface area contributed by atoms with Gasteiger partial charge in [-0.3, -0.25) is 14.5 Å². The van der Waals surface area contributed by atoms with E-state index in [9.17, 15) is 9.59 Å². The van der Waals surface area contributed by atoms with Gasteiger partial charge in [-0.15, -0.1) is 10.2 Å². The van der Waals surface area contributed by atoms with Crippen molar-refractivity contribution in [1.82, 2.24) is 15.5 Å². The molecule has 6 nitrogen and oxygen atoms in total. The minimum absolute atomic E-state index is 0.0615. The molecule has 27 heavy (non-hydrogen) atoms. The van der Waals surface area contributed by atoms with Crippen LogP contribution in [0.25, 0.3) is 0 Å². The molecule has 0 aliphatic heterocycles. The summed E-state index contributed by atoms with van der Waals surface area (Å²) in [7, 11) is 0. The van der Waals surface area contributed by atoms with Gasteiger partial charge in [-0.2, -0.15) is 0 Å². The molecule has 8 heteroatoms. The maximum Gasteiger partial charge on any atom is 0.233 e. The second-order valence-electron chi connectivity index (χ2n) is 7.84. The fraction of sp³-hybridized carbons (Fsp3) is 0.789. The number of amides is 2. The lowest BCUT2D eigenvalue weighted by atomic mass is 9.78. The second kappa shape index (κ2) is 8.90. The highest BCUT2D eigenvalue weighted by atomic mass is 32.2. The molecule has 2 aliphatic rings. The third-order valence-corrected chi connectivity index (χ3v) is 7.87. The van der Waals surface area contributed by atoms with Gasteiger partial charge in [0.2, 0.25) is 16.9 Å². The summed E-state index contributed by atoms with van der Waals surface area (Å²) in [5.41, 5.74) is 0. The topological polar surface area (TPSA) is 75.2 Å². The molecule has 0 spiro atoms. The summed E-state index contributed by atoms with van der Waals surface area (Å²) in [4.78, 5) is 26.6. The molecule has 2 fully saturated rings. The van der Waals surface area contributed by atoms with Crippen LogP contribution < -0.4 is 10.2 Å². The molecule has 0 aromatic carbocycles. The standard InChI is InChI=1S/C19H30N4O2S2/c1-5-16(24)23(14-9-10-14)18-21-22-19(27-18)26-13(4)17(25)20-15-8-6-7-11(2)12(15)3/h11-15H,5-10H2,1-4H3,(H,20,25)/t11-,12-,13-,15-/m1/s1. The van der Waals surface area contributed by atoms with Crippen molar-refractivity contribution in [1.29, 1.82) is 0 Å². The van der Waals surface area contributed by atoms with Gasteiger partial charge in [0.05, 0.1) is 5.25 Å². The van der Waals surface area contributed by atoms with Crippen LogP contribution in [0.3, 0.4) is 0 Å². The van der Waals surface area contributed by atoms with Gasteiger partial charge in [0.25, 0.3) is 0 Å². The highest BCUT2D eigenvalue weighted by Gasteiger charge is 2.35. The first-order valence-electron chi connectivity index (χ1n) is 10.0. The molecule has 1 aromatic rings. The van der Waals surface area contributed by atoms with Gasteiger partial charge in [0.15, 0.2) is 4.34 Å². The SMILES string of the molecule is CCC(=O)N(c1nnc(S[C@H](C)C(=O)N[C@@H]2CCC[C@@H](C)[C@H]2C)s1)C1CC1. The van der Waals surface area contributed by atoms with Crippen LogP contribution in [0.4, 0.5) is 5.13 Å². The highest BCUT2D eigenvalue weighted by molar-refractivity contribution is 8.02. The minimum Gasteiger partial charge on any atom is -0.352 e. The van der Waals surface area contributed by atoms with Crippen LogP contribution >= 0.6 is 23.1 Å². The Labute approximate surface area is 169 Å². The third-order valence-electron chi connectivity index (χ3n) is 5.77. The fourth-order valence-electron chi connectivity index (χ4n) is 3.61. The molecule has 1 heterocycles. The van der Waals surface area contributed by atoms with Crippen molar-refractivity contribution in [3.63, 3.8) is 0 Å². The van der Waals surface area contributed by atoms with Crippen LogP contribution in [0.1, 0.15) is 66.2 Å². The van der Waals surface area contributed by atoms with E-state index >= 15 is 0 Å². The maximum absolute atomic E-state index is 12.6. The van der Waals surface area contributed by atoms with Crippen molar-refractivity contribution in [3.05, 3.63) is 0 Å². The monoisotopic (exact) mass is 410 g/mol. The molecule has 2 saturated carbocycles. The van der Waals surface area contributed by atoms with Crippen molar-refractivity contribution in [2.24, 2.45) is 11.8 Å². The van der Waals surface area contributed by atoms with Crippen LogP contribution in [0.5, 0.6) is 0 Å². The van der Waals surface area contributed by atoms with E-state index in [1.807, 2.05) is 13.8 Å².